The number of ether oxygens (including phenoxy) is 1. The van der Waals surface area contributed by atoms with Crippen molar-refractivity contribution in [3.63, 3.8) is 0 Å². The first-order valence-electron chi connectivity index (χ1n) is 11.2. The number of nitrogens with zero attached hydrogens (tertiary/aromatic N) is 3. The summed E-state index contributed by atoms with van der Waals surface area (Å²) in [6, 6.07) is 3.55. The first-order valence-corrected chi connectivity index (χ1v) is 11.2. The Morgan fingerprint density at radius 1 is 1.23 bits per heavy atom. The number of halogens is 1. The van der Waals surface area contributed by atoms with Gasteiger partial charge in [0.05, 0.1) is 30.5 Å². The van der Waals surface area contributed by atoms with Crippen molar-refractivity contribution < 1.29 is 33.1 Å². The second-order valence-electron chi connectivity index (χ2n) is 8.16. The van der Waals surface area contributed by atoms with Crippen LogP contribution in [0.1, 0.15) is 52.0 Å². The summed E-state index contributed by atoms with van der Waals surface area (Å²) in [6.07, 6.45) is 3.85. The third-order valence-electron chi connectivity index (χ3n) is 5.73. The van der Waals surface area contributed by atoms with Gasteiger partial charge in [-0.2, -0.15) is 5.10 Å². The first-order chi connectivity index (χ1) is 16.9. The molecule has 1 fully saturated rings. The summed E-state index contributed by atoms with van der Waals surface area (Å²) in [5.74, 6) is -2.40. The largest absolute Gasteiger partial charge is 0.493 e. The van der Waals surface area contributed by atoms with Gasteiger partial charge in [0.1, 0.15) is 18.5 Å². The Morgan fingerprint density at radius 3 is 2.83 bits per heavy atom. The van der Waals surface area contributed by atoms with Crippen molar-refractivity contribution in [2.45, 2.75) is 44.8 Å². The van der Waals surface area contributed by atoms with Gasteiger partial charge in [-0.1, -0.05) is 6.07 Å². The number of imide groups is 2. The smallest absolute Gasteiger partial charge is 0.266 e. The van der Waals surface area contributed by atoms with Crippen molar-refractivity contribution in [3.05, 3.63) is 47.3 Å². The maximum atomic E-state index is 13.0. The van der Waals surface area contributed by atoms with E-state index in [1.165, 1.54) is 10.7 Å². The van der Waals surface area contributed by atoms with E-state index < -0.39 is 36.3 Å². The topological polar surface area (TPSA) is 140 Å². The van der Waals surface area contributed by atoms with Crippen LogP contribution in [0.4, 0.5) is 4.39 Å². The summed E-state index contributed by atoms with van der Waals surface area (Å²) in [6.45, 7) is 0.0316. The van der Waals surface area contributed by atoms with Gasteiger partial charge < -0.3 is 10.1 Å². The maximum Gasteiger partial charge on any atom is 0.266 e. The van der Waals surface area contributed by atoms with Gasteiger partial charge in [0.2, 0.25) is 17.7 Å². The minimum absolute atomic E-state index is 0.0369. The van der Waals surface area contributed by atoms with Crippen LogP contribution in [0.5, 0.6) is 5.75 Å². The number of nitrogens with one attached hydrogen (secondary N) is 2. The van der Waals surface area contributed by atoms with E-state index in [1.807, 2.05) is 0 Å². The maximum absolute atomic E-state index is 13.0. The summed E-state index contributed by atoms with van der Waals surface area (Å²) in [5.41, 5.74) is 0.951. The van der Waals surface area contributed by atoms with E-state index in [9.17, 15) is 28.4 Å². The summed E-state index contributed by atoms with van der Waals surface area (Å²) >= 11 is 0. The van der Waals surface area contributed by atoms with Crippen molar-refractivity contribution in [3.8, 4) is 5.75 Å². The van der Waals surface area contributed by atoms with Crippen LogP contribution in [-0.4, -0.2) is 63.5 Å². The minimum Gasteiger partial charge on any atom is -0.493 e. The molecule has 11 nitrogen and oxygen atoms in total. The SMILES string of the molecule is O=C(CCCOc1cccc2c1C(=O)N(C1CCC(=O)NC1=O)C2=O)NCc1cnn(CCF)c1. The number of rotatable bonds is 10. The molecule has 0 saturated carbocycles. The zero-order chi connectivity index (χ0) is 24.9. The molecule has 2 N–H and O–H groups in total. The molecule has 0 aliphatic carbocycles. The Balaban J connectivity index is 1.30. The van der Waals surface area contributed by atoms with Crippen LogP contribution < -0.4 is 15.4 Å². The third-order valence-corrected chi connectivity index (χ3v) is 5.73. The molecule has 1 aromatic carbocycles. The number of aromatic nitrogens is 2. The fraction of sp³-hybridized carbons (Fsp3) is 0.391. The zero-order valence-electron chi connectivity index (χ0n) is 18.8. The molecule has 5 amide bonds. The van der Waals surface area contributed by atoms with Gasteiger partial charge in [-0.25, -0.2) is 4.39 Å². The number of piperidine rings is 1. The Hall–Kier alpha value is -4.09. The molecule has 3 heterocycles. The number of carbonyl (C=O) groups excluding carboxylic acids is 5. The second-order valence-corrected chi connectivity index (χ2v) is 8.16. The van der Waals surface area contributed by atoms with Crippen LogP contribution in [0.3, 0.4) is 0 Å². The summed E-state index contributed by atoms with van der Waals surface area (Å²) in [5, 5.41) is 8.89. The van der Waals surface area contributed by atoms with Gasteiger partial charge in [-0.15, -0.1) is 0 Å². The molecule has 0 radical (unpaired) electrons. The molecule has 12 heteroatoms. The Kier molecular flexibility index (Phi) is 7.18. The van der Waals surface area contributed by atoms with Gasteiger partial charge in [-0.3, -0.25) is 38.9 Å². The highest BCUT2D eigenvalue weighted by atomic mass is 19.1. The molecule has 2 aliphatic rings. The number of alkyl halides is 1. The average Bonchev–Trinajstić information content (AvgIpc) is 3.38. The molecule has 0 bridgehead atoms. The molecule has 184 valence electrons. The third kappa shape index (κ3) is 5.20. The molecule has 1 aromatic heterocycles. The quantitative estimate of drug-likeness (QED) is 0.374. The number of aryl methyl sites for hydroxylation is 1. The molecule has 4 rings (SSSR count). The minimum atomic E-state index is -1.05. The normalized spacial score (nSPS) is 17.4. The number of hydrogen-bond donors (Lipinski definition) is 2. The number of hydrogen-bond acceptors (Lipinski definition) is 7. The highest BCUT2D eigenvalue weighted by Crippen LogP contribution is 2.33. The number of amides is 5. The molecule has 1 unspecified atom stereocenters. The van der Waals surface area contributed by atoms with E-state index in [4.69, 9.17) is 4.74 Å². The lowest BCUT2D eigenvalue weighted by molar-refractivity contribution is -0.136. The van der Waals surface area contributed by atoms with Crippen molar-refractivity contribution >= 4 is 29.5 Å². The van der Waals surface area contributed by atoms with Crippen molar-refractivity contribution in [1.82, 2.24) is 25.3 Å². The van der Waals surface area contributed by atoms with Crippen LogP contribution in [0.2, 0.25) is 0 Å². The van der Waals surface area contributed by atoms with E-state index in [0.29, 0.717) is 6.42 Å². The lowest BCUT2D eigenvalue weighted by Gasteiger charge is -2.27. The van der Waals surface area contributed by atoms with Gasteiger partial charge >= 0.3 is 0 Å². The van der Waals surface area contributed by atoms with Crippen molar-refractivity contribution in [1.29, 1.82) is 0 Å². The second kappa shape index (κ2) is 10.5. The molecule has 2 aliphatic heterocycles. The van der Waals surface area contributed by atoms with Gasteiger partial charge in [0.15, 0.2) is 0 Å². The van der Waals surface area contributed by atoms with E-state index in [2.05, 4.69) is 15.7 Å². The van der Waals surface area contributed by atoms with E-state index in [0.717, 1.165) is 10.5 Å². The van der Waals surface area contributed by atoms with Crippen molar-refractivity contribution in [2.24, 2.45) is 0 Å². The molecule has 35 heavy (non-hydrogen) atoms. The fourth-order valence-electron chi connectivity index (χ4n) is 4.01. The highest BCUT2D eigenvalue weighted by molar-refractivity contribution is 6.24. The van der Waals surface area contributed by atoms with Gasteiger partial charge in [0, 0.05) is 31.1 Å². The molecular weight excluding hydrogens is 461 g/mol. The van der Waals surface area contributed by atoms with Crippen LogP contribution in [0.25, 0.3) is 0 Å². The number of carbonyl (C=O) groups is 5. The molecule has 0 spiro atoms. The van der Waals surface area contributed by atoms with Gasteiger partial charge in [-0.05, 0) is 25.0 Å². The lowest BCUT2D eigenvalue weighted by atomic mass is 10.0. The first kappa shape index (κ1) is 24.0. The monoisotopic (exact) mass is 485 g/mol. The van der Waals surface area contributed by atoms with Crippen molar-refractivity contribution in [2.75, 3.05) is 13.3 Å². The van der Waals surface area contributed by atoms with Gasteiger partial charge in [0.25, 0.3) is 11.8 Å². The Morgan fingerprint density at radius 2 is 2.06 bits per heavy atom. The van der Waals surface area contributed by atoms with E-state index >= 15 is 0 Å². The van der Waals surface area contributed by atoms with E-state index in [-0.39, 0.29) is 61.7 Å². The summed E-state index contributed by atoms with van der Waals surface area (Å²) < 4.78 is 19.5. The lowest BCUT2D eigenvalue weighted by Crippen LogP contribution is -2.54. The molecule has 1 atom stereocenters. The molecule has 1 saturated heterocycles. The van der Waals surface area contributed by atoms with Crippen LogP contribution in [-0.2, 0) is 27.5 Å². The predicted molar refractivity (Wildman–Crippen MR) is 118 cm³/mol. The Bertz CT molecular complexity index is 1180. The fourth-order valence-corrected chi connectivity index (χ4v) is 4.01. The van der Waals surface area contributed by atoms with Crippen LogP contribution >= 0.6 is 0 Å². The Labute approximate surface area is 199 Å². The average molecular weight is 485 g/mol. The number of fused-ring (bicyclic) bond motifs is 1. The van der Waals surface area contributed by atoms with E-state index in [1.54, 1.807) is 24.5 Å². The van der Waals surface area contributed by atoms with Crippen LogP contribution in [0.15, 0.2) is 30.6 Å². The summed E-state index contributed by atoms with van der Waals surface area (Å²) in [4.78, 5) is 62.5. The zero-order valence-corrected chi connectivity index (χ0v) is 18.8. The number of benzene rings is 1. The molecular formula is C23H24FN5O6. The predicted octanol–water partition coefficient (Wildman–Crippen LogP) is 0.729. The highest BCUT2D eigenvalue weighted by Gasteiger charge is 2.45. The van der Waals surface area contributed by atoms with Crippen LogP contribution in [0, 0.1) is 0 Å². The standard InChI is InChI=1S/C23H24FN5O6/c24-8-9-28-13-14(12-26-28)11-25-18(30)5-2-10-35-17-4-1-3-15-20(17)23(34)29(22(15)33)16-6-7-19(31)27-21(16)32/h1,3-4,12-13,16H,2,5-11H2,(H,25,30)(H,27,31,32). The summed E-state index contributed by atoms with van der Waals surface area (Å²) in [7, 11) is 0. The molecule has 2 aromatic rings.